The van der Waals surface area contributed by atoms with Crippen LogP contribution in [-0.2, 0) is 16.3 Å². The minimum absolute atomic E-state index is 0.0269. The second-order valence-electron chi connectivity index (χ2n) is 5.25. The normalized spacial score (nSPS) is 20.0. The van der Waals surface area contributed by atoms with Crippen molar-refractivity contribution < 1.29 is 27.5 Å². The molecule has 0 radical (unpaired) electrons. The Labute approximate surface area is 128 Å². The van der Waals surface area contributed by atoms with E-state index in [0.717, 1.165) is 0 Å². The van der Waals surface area contributed by atoms with Crippen LogP contribution in [-0.4, -0.2) is 54.4 Å². The Balaban J connectivity index is 2.27. The molecule has 7 nitrogen and oxygen atoms in total. The van der Waals surface area contributed by atoms with Crippen LogP contribution in [0.2, 0.25) is 0 Å². The molecule has 1 atom stereocenters. The SMILES string of the molecule is CCc1oc(C(=O)N(CC)C2CCS(=O)(=O)C2)cc1C(=O)O. The molecule has 0 aliphatic carbocycles. The van der Waals surface area contributed by atoms with Crippen molar-refractivity contribution >= 4 is 21.7 Å². The molecule has 1 N–H and O–H groups in total. The maximum Gasteiger partial charge on any atom is 0.339 e. The third-order valence-corrected chi connectivity index (χ3v) is 5.57. The van der Waals surface area contributed by atoms with Crippen molar-refractivity contribution in [3.05, 3.63) is 23.2 Å². The largest absolute Gasteiger partial charge is 0.478 e. The Morgan fingerprint density at radius 3 is 2.50 bits per heavy atom. The summed E-state index contributed by atoms with van der Waals surface area (Å²) in [7, 11) is -3.11. The smallest absolute Gasteiger partial charge is 0.339 e. The highest BCUT2D eigenvalue weighted by molar-refractivity contribution is 7.91. The molecule has 0 bridgehead atoms. The molecule has 1 fully saturated rings. The van der Waals surface area contributed by atoms with E-state index in [2.05, 4.69) is 0 Å². The average Bonchev–Trinajstić information content (AvgIpc) is 3.03. The molecule has 1 amide bonds. The van der Waals surface area contributed by atoms with Crippen molar-refractivity contribution in [3.8, 4) is 0 Å². The van der Waals surface area contributed by atoms with E-state index >= 15 is 0 Å². The number of carboxylic acid groups (broad SMARTS) is 1. The molecule has 1 aromatic heterocycles. The van der Waals surface area contributed by atoms with Crippen LogP contribution in [0.5, 0.6) is 0 Å². The number of sulfone groups is 1. The predicted octanol–water partition coefficient (Wildman–Crippen LogP) is 1.19. The van der Waals surface area contributed by atoms with Gasteiger partial charge in [-0.1, -0.05) is 6.92 Å². The second-order valence-corrected chi connectivity index (χ2v) is 7.48. The number of aromatic carboxylic acids is 1. The number of aryl methyl sites for hydroxylation is 1. The molecule has 2 heterocycles. The van der Waals surface area contributed by atoms with E-state index in [1.54, 1.807) is 13.8 Å². The van der Waals surface area contributed by atoms with Gasteiger partial charge in [0.15, 0.2) is 15.6 Å². The zero-order valence-corrected chi connectivity index (χ0v) is 13.4. The average molecular weight is 329 g/mol. The summed E-state index contributed by atoms with van der Waals surface area (Å²) >= 11 is 0. The summed E-state index contributed by atoms with van der Waals surface area (Å²) < 4.78 is 28.5. The fourth-order valence-corrected chi connectivity index (χ4v) is 4.44. The highest BCUT2D eigenvalue weighted by Gasteiger charge is 2.35. The number of furan rings is 1. The lowest BCUT2D eigenvalue weighted by Gasteiger charge is -2.25. The van der Waals surface area contributed by atoms with Crippen LogP contribution in [0, 0.1) is 0 Å². The molecule has 122 valence electrons. The number of carbonyl (C=O) groups excluding carboxylic acids is 1. The maximum atomic E-state index is 12.5. The molecule has 0 aromatic carbocycles. The third kappa shape index (κ3) is 3.16. The van der Waals surface area contributed by atoms with Crippen molar-refractivity contribution in [2.75, 3.05) is 18.1 Å². The van der Waals surface area contributed by atoms with E-state index < -0.39 is 21.7 Å². The van der Waals surface area contributed by atoms with Crippen LogP contribution in [0.15, 0.2) is 10.5 Å². The zero-order valence-electron chi connectivity index (χ0n) is 12.5. The van der Waals surface area contributed by atoms with Crippen LogP contribution >= 0.6 is 0 Å². The van der Waals surface area contributed by atoms with Gasteiger partial charge in [0.05, 0.1) is 11.5 Å². The number of amides is 1. The van der Waals surface area contributed by atoms with E-state index in [9.17, 15) is 18.0 Å². The molecule has 0 saturated carbocycles. The fraction of sp³-hybridized carbons (Fsp3) is 0.571. The van der Waals surface area contributed by atoms with Crippen molar-refractivity contribution in [2.45, 2.75) is 32.7 Å². The first kappa shape index (κ1) is 16.5. The summed E-state index contributed by atoms with van der Waals surface area (Å²) in [4.78, 5) is 25.1. The first-order chi connectivity index (χ1) is 10.3. The van der Waals surface area contributed by atoms with Gasteiger partial charge >= 0.3 is 5.97 Å². The van der Waals surface area contributed by atoms with E-state index in [1.165, 1.54) is 11.0 Å². The molecule has 2 rings (SSSR count). The molecule has 0 spiro atoms. The van der Waals surface area contributed by atoms with E-state index in [0.29, 0.717) is 19.4 Å². The van der Waals surface area contributed by atoms with Crippen molar-refractivity contribution in [1.29, 1.82) is 0 Å². The minimum Gasteiger partial charge on any atom is -0.478 e. The second kappa shape index (κ2) is 6.12. The number of nitrogens with zero attached hydrogens (tertiary/aromatic N) is 1. The fourth-order valence-electron chi connectivity index (χ4n) is 2.71. The van der Waals surface area contributed by atoms with Gasteiger partial charge < -0.3 is 14.4 Å². The molecule has 1 aliphatic rings. The molecular weight excluding hydrogens is 310 g/mol. The summed E-state index contributed by atoms with van der Waals surface area (Å²) in [5.41, 5.74) is -0.0269. The van der Waals surface area contributed by atoms with Gasteiger partial charge in [-0.2, -0.15) is 0 Å². The van der Waals surface area contributed by atoms with E-state index in [4.69, 9.17) is 9.52 Å². The van der Waals surface area contributed by atoms with Gasteiger partial charge in [-0.25, -0.2) is 13.2 Å². The minimum atomic E-state index is -3.11. The Hall–Kier alpha value is -1.83. The van der Waals surface area contributed by atoms with Crippen LogP contribution < -0.4 is 0 Å². The monoisotopic (exact) mass is 329 g/mol. The number of carboxylic acids is 1. The standard InChI is InChI=1S/C14H19NO6S/c1-3-11-10(14(17)18)7-12(21-11)13(16)15(4-2)9-5-6-22(19,20)8-9/h7,9H,3-6,8H2,1-2H3,(H,17,18). The molecular formula is C14H19NO6S. The number of carbonyl (C=O) groups is 2. The Morgan fingerprint density at radius 1 is 1.41 bits per heavy atom. The molecule has 8 heteroatoms. The van der Waals surface area contributed by atoms with Gasteiger partial charge in [0.25, 0.3) is 5.91 Å². The molecule has 22 heavy (non-hydrogen) atoms. The first-order valence-electron chi connectivity index (χ1n) is 7.16. The predicted molar refractivity (Wildman–Crippen MR) is 78.8 cm³/mol. The third-order valence-electron chi connectivity index (χ3n) is 3.82. The molecule has 1 unspecified atom stereocenters. The quantitative estimate of drug-likeness (QED) is 0.870. The number of hydrogen-bond donors (Lipinski definition) is 1. The summed E-state index contributed by atoms with van der Waals surface area (Å²) in [6.07, 6.45) is 0.758. The first-order valence-corrected chi connectivity index (χ1v) is 8.98. The van der Waals surface area contributed by atoms with Crippen molar-refractivity contribution in [3.63, 3.8) is 0 Å². The lowest BCUT2D eigenvalue weighted by atomic mass is 10.2. The van der Waals surface area contributed by atoms with Crippen LogP contribution in [0.25, 0.3) is 0 Å². The van der Waals surface area contributed by atoms with Crippen LogP contribution in [0.1, 0.15) is 46.9 Å². The van der Waals surface area contributed by atoms with Crippen molar-refractivity contribution in [1.82, 2.24) is 4.90 Å². The molecule has 1 aliphatic heterocycles. The maximum absolute atomic E-state index is 12.5. The molecule has 1 saturated heterocycles. The van der Waals surface area contributed by atoms with Gasteiger partial charge in [0, 0.05) is 25.1 Å². The van der Waals surface area contributed by atoms with Gasteiger partial charge in [-0.05, 0) is 13.3 Å². The highest BCUT2D eigenvalue weighted by atomic mass is 32.2. The Bertz CT molecular complexity index is 690. The van der Waals surface area contributed by atoms with Gasteiger partial charge in [0.2, 0.25) is 0 Å². The van der Waals surface area contributed by atoms with Crippen molar-refractivity contribution in [2.24, 2.45) is 0 Å². The summed E-state index contributed by atoms with van der Waals surface area (Å²) in [6.45, 7) is 3.83. The Morgan fingerprint density at radius 2 is 2.09 bits per heavy atom. The lowest BCUT2D eigenvalue weighted by Crippen LogP contribution is -2.40. The van der Waals surface area contributed by atoms with Gasteiger partial charge in [-0.15, -0.1) is 0 Å². The molecule has 1 aromatic rings. The van der Waals surface area contributed by atoms with E-state index in [-0.39, 0.29) is 34.6 Å². The Kier molecular flexibility index (Phi) is 4.60. The number of rotatable bonds is 5. The number of hydrogen-bond acceptors (Lipinski definition) is 5. The summed E-state index contributed by atoms with van der Waals surface area (Å²) in [5.74, 6) is -1.41. The lowest BCUT2D eigenvalue weighted by molar-refractivity contribution is 0.0669. The van der Waals surface area contributed by atoms with E-state index in [1.807, 2.05) is 0 Å². The summed E-state index contributed by atoms with van der Waals surface area (Å²) in [5, 5.41) is 9.10. The zero-order chi connectivity index (χ0) is 16.5. The van der Waals surface area contributed by atoms with Gasteiger partial charge in [-0.3, -0.25) is 4.79 Å². The highest BCUT2D eigenvalue weighted by Crippen LogP contribution is 2.23. The summed E-state index contributed by atoms with van der Waals surface area (Å²) in [6, 6.07) is 0.834. The van der Waals surface area contributed by atoms with Crippen LogP contribution in [0.4, 0.5) is 0 Å². The van der Waals surface area contributed by atoms with Crippen LogP contribution in [0.3, 0.4) is 0 Å². The van der Waals surface area contributed by atoms with Gasteiger partial charge in [0.1, 0.15) is 11.3 Å². The topological polar surface area (TPSA) is 105 Å².